The largest absolute Gasteiger partial charge is 0.262 e. The summed E-state index contributed by atoms with van der Waals surface area (Å²) in [6.45, 7) is 12.8. The van der Waals surface area contributed by atoms with E-state index in [9.17, 15) is 0 Å². The molecule has 0 bridgehead atoms. The van der Waals surface area contributed by atoms with Gasteiger partial charge in [-0.2, -0.15) is 10.2 Å². The zero-order valence-corrected chi connectivity index (χ0v) is 17.8. The zero-order valence-electron chi connectivity index (χ0n) is 17.8. The molecule has 0 fully saturated rings. The predicted octanol–water partition coefficient (Wildman–Crippen LogP) is 5.73. The maximum Gasteiger partial charge on any atom is 0.138 e. The molecule has 4 nitrogen and oxygen atoms in total. The van der Waals surface area contributed by atoms with Gasteiger partial charge in [-0.1, -0.05) is 76.2 Å². The van der Waals surface area contributed by atoms with Crippen molar-refractivity contribution in [2.24, 2.45) is 10.2 Å². The van der Waals surface area contributed by atoms with Crippen LogP contribution in [0.15, 0.2) is 70.1 Å². The van der Waals surface area contributed by atoms with E-state index in [2.05, 4.69) is 97.3 Å². The molecule has 0 unspecified atom stereocenters. The van der Waals surface area contributed by atoms with Gasteiger partial charge in [-0.3, -0.25) is 10.9 Å². The van der Waals surface area contributed by atoms with Crippen molar-refractivity contribution in [1.82, 2.24) is 10.9 Å². The molecule has 0 aromatic heterocycles. The van der Waals surface area contributed by atoms with Gasteiger partial charge in [-0.05, 0) is 53.5 Å². The molecule has 0 heterocycles. The van der Waals surface area contributed by atoms with Crippen molar-refractivity contribution in [3.8, 4) is 0 Å². The van der Waals surface area contributed by atoms with Crippen molar-refractivity contribution in [2.75, 3.05) is 0 Å². The number of hydrazone groups is 2. The summed E-state index contributed by atoms with van der Waals surface area (Å²) >= 11 is 0. The van der Waals surface area contributed by atoms with E-state index < -0.39 is 0 Å². The molecule has 0 aliphatic rings. The highest BCUT2D eigenvalue weighted by Crippen LogP contribution is 2.14. The lowest BCUT2D eigenvalue weighted by Gasteiger charge is -2.08. The molecule has 2 aromatic carbocycles. The van der Waals surface area contributed by atoms with Gasteiger partial charge in [0.05, 0.1) is 12.4 Å². The maximum absolute atomic E-state index is 4.33. The first-order valence-electron chi connectivity index (χ1n) is 9.82. The molecule has 0 saturated carbocycles. The van der Waals surface area contributed by atoms with Crippen LogP contribution < -0.4 is 10.9 Å². The highest BCUT2D eigenvalue weighted by molar-refractivity contribution is 5.80. The Hall–Kier alpha value is -2.88. The number of nitrogens with zero attached hydrogens (tertiary/aromatic N) is 2. The van der Waals surface area contributed by atoms with E-state index >= 15 is 0 Å². The fourth-order valence-electron chi connectivity index (χ4n) is 2.53. The quantitative estimate of drug-likeness (QED) is 0.456. The summed E-state index contributed by atoms with van der Waals surface area (Å²) < 4.78 is 0. The molecule has 0 radical (unpaired) electrons. The maximum atomic E-state index is 4.33. The monoisotopic (exact) mass is 376 g/mol. The van der Waals surface area contributed by atoms with Crippen LogP contribution in [0, 0.1) is 0 Å². The van der Waals surface area contributed by atoms with Gasteiger partial charge in [0.1, 0.15) is 5.82 Å². The molecule has 28 heavy (non-hydrogen) atoms. The van der Waals surface area contributed by atoms with Crippen molar-refractivity contribution in [1.29, 1.82) is 0 Å². The molecular weight excluding hydrogens is 344 g/mol. The molecule has 148 valence electrons. The van der Waals surface area contributed by atoms with E-state index in [-0.39, 0.29) is 0 Å². The number of rotatable bonds is 8. The topological polar surface area (TPSA) is 48.8 Å². The van der Waals surface area contributed by atoms with Crippen molar-refractivity contribution in [3.63, 3.8) is 0 Å². The number of hydrogen-bond acceptors (Lipinski definition) is 4. The van der Waals surface area contributed by atoms with Gasteiger partial charge in [0.15, 0.2) is 0 Å². The van der Waals surface area contributed by atoms with Crippen LogP contribution in [-0.4, -0.2) is 12.4 Å². The Morgan fingerprint density at radius 3 is 1.32 bits per heavy atom. The minimum Gasteiger partial charge on any atom is -0.262 e. The van der Waals surface area contributed by atoms with Crippen LogP contribution in [-0.2, 0) is 0 Å². The van der Waals surface area contributed by atoms with Crippen LogP contribution in [0.3, 0.4) is 0 Å². The highest BCUT2D eigenvalue weighted by atomic mass is 15.4. The molecule has 0 aliphatic carbocycles. The molecular formula is C24H32N4. The number of nitrogens with one attached hydrogen (secondary N) is 2. The molecule has 2 N–H and O–H groups in total. The molecule has 0 saturated heterocycles. The summed E-state index contributed by atoms with van der Waals surface area (Å²) in [5.41, 5.74) is 11.9. The van der Waals surface area contributed by atoms with Gasteiger partial charge in [-0.25, -0.2) is 0 Å². The Kier molecular flexibility index (Phi) is 8.00. The second-order valence-electron chi connectivity index (χ2n) is 7.76. The third kappa shape index (κ3) is 6.69. The Morgan fingerprint density at radius 1 is 0.679 bits per heavy atom. The molecule has 0 amide bonds. The van der Waals surface area contributed by atoms with Gasteiger partial charge in [0, 0.05) is 0 Å². The van der Waals surface area contributed by atoms with Crippen molar-refractivity contribution in [3.05, 3.63) is 82.2 Å². The minimum absolute atomic E-state index is 0.532. The van der Waals surface area contributed by atoms with Crippen molar-refractivity contribution >= 4 is 12.4 Å². The van der Waals surface area contributed by atoms with E-state index in [1.54, 1.807) is 0 Å². The first-order valence-corrected chi connectivity index (χ1v) is 9.82. The fourth-order valence-corrected chi connectivity index (χ4v) is 2.53. The van der Waals surface area contributed by atoms with Crippen LogP contribution in [0.1, 0.15) is 75.6 Å². The normalized spacial score (nSPS) is 11.6. The van der Waals surface area contributed by atoms with Crippen molar-refractivity contribution in [2.45, 2.75) is 53.4 Å². The zero-order chi connectivity index (χ0) is 20.5. The summed E-state index contributed by atoms with van der Waals surface area (Å²) in [7, 11) is 0. The molecule has 2 aromatic rings. The Bertz CT molecular complexity index is 756. The molecule has 2 rings (SSSR count). The van der Waals surface area contributed by atoms with Gasteiger partial charge in [0.25, 0.3) is 0 Å². The first kappa shape index (κ1) is 21.4. The third-order valence-corrected chi connectivity index (χ3v) is 4.49. The van der Waals surface area contributed by atoms with E-state index in [1.165, 1.54) is 11.1 Å². The number of hydrogen-bond donors (Lipinski definition) is 2. The lowest BCUT2D eigenvalue weighted by atomic mass is 10.0. The van der Waals surface area contributed by atoms with Crippen LogP contribution in [0.25, 0.3) is 0 Å². The number of allylic oxidation sites excluding steroid dienone is 1. The third-order valence-electron chi connectivity index (χ3n) is 4.49. The Labute approximate surface area is 169 Å². The summed E-state index contributed by atoms with van der Waals surface area (Å²) in [4.78, 5) is 0. The molecule has 0 spiro atoms. The van der Waals surface area contributed by atoms with E-state index in [0.29, 0.717) is 11.8 Å². The lowest BCUT2D eigenvalue weighted by Crippen LogP contribution is -2.20. The minimum atomic E-state index is 0.532. The van der Waals surface area contributed by atoms with Gasteiger partial charge in [0.2, 0.25) is 0 Å². The van der Waals surface area contributed by atoms with Crippen LogP contribution in [0.4, 0.5) is 0 Å². The molecule has 0 aliphatic heterocycles. The van der Waals surface area contributed by atoms with Crippen LogP contribution in [0.5, 0.6) is 0 Å². The molecule has 4 heteroatoms. The van der Waals surface area contributed by atoms with Gasteiger partial charge in [-0.15, -0.1) is 0 Å². The standard InChI is InChI=1S/C24H32N4/c1-17(2)22-11-7-20(8-12-22)15-25-27-24(19(5)6)28-26-16-21-9-13-23(14-10-21)18(3)4/h7-18,27-28H,1-6H3/b25-15+,26-16+. The average molecular weight is 377 g/mol. The van der Waals surface area contributed by atoms with Crippen molar-refractivity contribution < 1.29 is 0 Å². The first-order chi connectivity index (χ1) is 13.4. The summed E-state index contributed by atoms with van der Waals surface area (Å²) in [6.07, 6.45) is 3.62. The number of benzene rings is 2. The van der Waals surface area contributed by atoms with Gasteiger partial charge >= 0.3 is 0 Å². The Balaban J connectivity index is 1.93. The smallest absolute Gasteiger partial charge is 0.138 e. The highest BCUT2D eigenvalue weighted by Gasteiger charge is 1.99. The SMILES string of the molecule is CC(C)=C(N/N=C/c1ccc(C(C)C)cc1)N/N=C/c1ccc(C(C)C)cc1. The second-order valence-corrected chi connectivity index (χ2v) is 7.76. The van der Waals surface area contributed by atoms with Crippen LogP contribution in [0.2, 0.25) is 0 Å². The van der Waals surface area contributed by atoms with E-state index in [4.69, 9.17) is 0 Å². The second kappa shape index (κ2) is 10.5. The fraction of sp³-hybridized carbons (Fsp3) is 0.333. The van der Waals surface area contributed by atoms with E-state index in [1.807, 2.05) is 26.3 Å². The van der Waals surface area contributed by atoms with Gasteiger partial charge < -0.3 is 0 Å². The predicted molar refractivity (Wildman–Crippen MR) is 121 cm³/mol. The summed E-state index contributed by atoms with van der Waals surface area (Å²) in [5, 5.41) is 8.65. The lowest BCUT2D eigenvalue weighted by molar-refractivity contribution is 0.730. The summed E-state index contributed by atoms with van der Waals surface area (Å²) in [6, 6.07) is 16.9. The Morgan fingerprint density at radius 2 is 1.04 bits per heavy atom. The van der Waals surface area contributed by atoms with Crippen LogP contribution >= 0.6 is 0 Å². The van der Waals surface area contributed by atoms with E-state index in [0.717, 1.165) is 22.5 Å². The molecule has 0 atom stereocenters. The average Bonchev–Trinajstić information content (AvgIpc) is 2.67. The summed E-state index contributed by atoms with van der Waals surface area (Å²) in [5.74, 6) is 1.83.